The molecule has 0 amide bonds. The van der Waals surface area contributed by atoms with Gasteiger partial charge in [0.15, 0.2) is 5.16 Å². The number of hydrogen-bond donors (Lipinski definition) is 1. The number of hydrogen-bond acceptors (Lipinski definition) is 7. The van der Waals surface area contributed by atoms with Crippen molar-refractivity contribution < 1.29 is 4.74 Å². The Morgan fingerprint density at radius 3 is 2.97 bits per heavy atom. The lowest BCUT2D eigenvalue weighted by molar-refractivity contribution is 0.0941. The van der Waals surface area contributed by atoms with Crippen LogP contribution in [0.4, 0.5) is 0 Å². The van der Waals surface area contributed by atoms with Gasteiger partial charge in [-0.05, 0) is 31.9 Å². The highest BCUT2D eigenvalue weighted by Crippen LogP contribution is 2.23. The average molecular weight is 427 g/mol. The summed E-state index contributed by atoms with van der Waals surface area (Å²) in [5.41, 5.74) is 1.42. The van der Waals surface area contributed by atoms with E-state index in [1.54, 1.807) is 11.6 Å². The maximum atomic E-state index is 12.7. The van der Waals surface area contributed by atoms with Crippen molar-refractivity contribution in [3.63, 3.8) is 0 Å². The summed E-state index contributed by atoms with van der Waals surface area (Å²) in [5, 5.41) is 16.4. The Morgan fingerprint density at radius 2 is 2.17 bits per heavy atom. The Bertz CT molecular complexity index is 1360. The normalized spacial score (nSPS) is 16.8. The van der Waals surface area contributed by atoms with Crippen LogP contribution in [0.15, 0.2) is 32.9 Å². The van der Waals surface area contributed by atoms with Crippen molar-refractivity contribution in [1.29, 1.82) is 0 Å². The third-order valence-corrected chi connectivity index (χ3v) is 6.38. The first-order chi connectivity index (χ1) is 14.5. The molecule has 0 radical (unpaired) electrons. The molecule has 5 rings (SSSR count). The molecule has 1 fully saturated rings. The molecule has 3 aromatic heterocycles. The van der Waals surface area contributed by atoms with E-state index < -0.39 is 0 Å². The van der Waals surface area contributed by atoms with E-state index in [4.69, 9.17) is 4.74 Å². The molecule has 4 heterocycles. The highest BCUT2D eigenvalue weighted by atomic mass is 32.2. The molecular formula is C19H21N7O3S. The van der Waals surface area contributed by atoms with Crippen molar-refractivity contribution in [1.82, 2.24) is 33.9 Å². The number of nitrogens with one attached hydrogen (secondary N) is 1. The molecule has 0 spiro atoms. The van der Waals surface area contributed by atoms with Crippen LogP contribution in [0.5, 0.6) is 0 Å². The highest BCUT2D eigenvalue weighted by Gasteiger charge is 2.21. The minimum Gasteiger partial charge on any atom is -0.376 e. The van der Waals surface area contributed by atoms with Crippen molar-refractivity contribution >= 4 is 28.4 Å². The molecule has 4 aromatic rings. The fourth-order valence-corrected chi connectivity index (χ4v) is 4.72. The van der Waals surface area contributed by atoms with Crippen LogP contribution in [0.25, 0.3) is 16.7 Å². The average Bonchev–Trinajstić information content (AvgIpc) is 3.47. The summed E-state index contributed by atoms with van der Waals surface area (Å²) >= 11 is 1.40. The number of rotatable bonds is 5. The summed E-state index contributed by atoms with van der Waals surface area (Å²) in [6.45, 7) is 3.17. The van der Waals surface area contributed by atoms with Crippen molar-refractivity contribution in [2.24, 2.45) is 7.05 Å². The van der Waals surface area contributed by atoms with Gasteiger partial charge in [0.05, 0.1) is 29.3 Å². The number of aryl methyl sites for hydroxylation is 2. The number of thioether (sulfide) groups is 1. The molecule has 0 aliphatic carbocycles. The van der Waals surface area contributed by atoms with Gasteiger partial charge in [0, 0.05) is 13.7 Å². The Hall–Kier alpha value is -2.92. The van der Waals surface area contributed by atoms with Crippen LogP contribution in [0.2, 0.25) is 0 Å². The van der Waals surface area contributed by atoms with Gasteiger partial charge in [-0.15, -0.1) is 15.3 Å². The summed E-state index contributed by atoms with van der Waals surface area (Å²) in [4.78, 5) is 24.9. The second-order valence-corrected chi connectivity index (χ2v) is 8.42. The summed E-state index contributed by atoms with van der Waals surface area (Å²) in [7, 11) is 1.69. The molecule has 1 aliphatic rings. The van der Waals surface area contributed by atoms with Gasteiger partial charge in [-0.25, -0.2) is 9.89 Å². The third kappa shape index (κ3) is 3.14. The lowest BCUT2D eigenvalue weighted by Gasteiger charge is -2.11. The lowest BCUT2D eigenvalue weighted by Crippen LogP contribution is -2.25. The van der Waals surface area contributed by atoms with E-state index in [0.29, 0.717) is 34.4 Å². The standard InChI is InChI=1S/C19H21N7O3S/c1-11-5-6-14-13(8-11)16(27)24(2)17-21-20-15(26(14)17)10-30-19-23-22-18(28)25(19)9-12-4-3-7-29-12/h5-6,8,12H,3-4,7,9-10H2,1-2H3,(H,22,28). The first-order valence-corrected chi connectivity index (χ1v) is 10.7. The predicted octanol–water partition coefficient (Wildman–Crippen LogP) is 1.25. The van der Waals surface area contributed by atoms with Gasteiger partial charge in [-0.2, -0.15) is 0 Å². The second-order valence-electron chi connectivity index (χ2n) is 7.48. The molecule has 11 heteroatoms. The molecule has 1 aliphatic heterocycles. The topological polar surface area (TPSA) is 112 Å². The first kappa shape index (κ1) is 19.1. The van der Waals surface area contributed by atoms with E-state index in [0.717, 1.165) is 30.5 Å². The Labute approximate surface area is 174 Å². The van der Waals surface area contributed by atoms with Crippen molar-refractivity contribution in [3.05, 3.63) is 50.4 Å². The molecule has 1 aromatic carbocycles. The van der Waals surface area contributed by atoms with Crippen LogP contribution >= 0.6 is 11.8 Å². The van der Waals surface area contributed by atoms with Gasteiger partial charge in [-0.1, -0.05) is 23.4 Å². The summed E-state index contributed by atoms with van der Waals surface area (Å²) < 4.78 is 10.7. The number of aromatic amines is 1. The zero-order chi connectivity index (χ0) is 20.8. The highest BCUT2D eigenvalue weighted by molar-refractivity contribution is 7.98. The second kappa shape index (κ2) is 7.40. The monoisotopic (exact) mass is 427 g/mol. The SMILES string of the molecule is Cc1ccc2c(c1)c(=O)n(C)c1nnc(CSc3n[nH]c(=O)n3CC3CCCO3)n21. The number of fused-ring (bicyclic) bond motifs is 3. The van der Waals surface area contributed by atoms with Gasteiger partial charge in [0.2, 0.25) is 5.78 Å². The largest absolute Gasteiger partial charge is 0.376 e. The zero-order valence-corrected chi connectivity index (χ0v) is 17.5. The van der Waals surface area contributed by atoms with E-state index in [1.165, 1.54) is 16.3 Å². The quantitative estimate of drug-likeness (QED) is 0.477. The minimum atomic E-state index is -0.248. The van der Waals surface area contributed by atoms with Gasteiger partial charge >= 0.3 is 5.69 Å². The van der Waals surface area contributed by atoms with Gasteiger partial charge < -0.3 is 4.74 Å². The number of ether oxygens (including phenoxy) is 1. The number of nitrogens with zero attached hydrogens (tertiary/aromatic N) is 6. The fraction of sp³-hybridized carbons (Fsp3) is 0.421. The van der Waals surface area contributed by atoms with Crippen molar-refractivity contribution in [2.75, 3.05) is 6.61 Å². The van der Waals surface area contributed by atoms with Crippen LogP contribution < -0.4 is 11.2 Å². The third-order valence-electron chi connectivity index (χ3n) is 5.40. The van der Waals surface area contributed by atoms with E-state index in [9.17, 15) is 9.59 Å². The Kier molecular flexibility index (Phi) is 4.70. The molecule has 1 saturated heterocycles. The summed E-state index contributed by atoms with van der Waals surface area (Å²) in [6.07, 6.45) is 1.99. The molecule has 10 nitrogen and oxygen atoms in total. The first-order valence-electron chi connectivity index (χ1n) is 9.76. The molecule has 30 heavy (non-hydrogen) atoms. The molecule has 0 saturated carbocycles. The van der Waals surface area contributed by atoms with Gasteiger partial charge in [0.25, 0.3) is 5.56 Å². The Morgan fingerprint density at radius 1 is 1.30 bits per heavy atom. The summed E-state index contributed by atoms with van der Waals surface area (Å²) in [5.74, 6) is 1.60. The molecule has 156 valence electrons. The van der Waals surface area contributed by atoms with Gasteiger partial charge in [-0.3, -0.25) is 18.3 Å². The smallest absolute Gasteiger partial charge is 0.344 e. The van der Waals surface area contributed by atoms with Gasteiger partial charge in [0.1, 0.15) is 5.82 Å². The Balaban J connectivity index is 1.51. The van der Waals surface area contributed by atoms with Crippen LogP contribution in [0.1, 0.15) is 24.2 Å². The maximum Gasteiger partial charge on any atom is 0.344 e. The molecular weight excluding hydrogens is 406 g/mol. The lowest BCUT2D eigenvalue weighted by atomic mass is 10.1. The van der Waals surface area contributed by atoms with Crippen molar-refractivity contribution in [2.45, 2.75) is 43.3 Å². The molecule has 1 unspecified atom stereocenters. The van der Waals surface area contributed by atoms with Crippen LogP contribution in [0.3, 0.4) is 0 Å². The molecule has 0 bridgehead atoms. The fourth-order valence-electron chi connectivity index (χ4n) is 3.85. The number of H-pyrrole nitrogens is 1. The van der Waals surface area contributed by atoms with E-state index in [1.807, 2.05) is 29.5 Å². The maximum absolute atomic E-state index is 12.7. The van der Waals surface area contributed by atoms with E-state index in [2.05, 4.69) is 20.4 Å². The van der Waals surface area contributed by atoms with Crippen LogP contribution in [-0.2, 0) is 24.1 Å². The van der Waals surface area contributed by atoms with Crippen LogP contribution in [-0.4, -0.2) is 46.6 Å². The van der Waals surface area contributed by atoms with Crippen molar-refractivity contribution in [3.8, 4) is 0 Å². The molecule has 1 N–H and O–H groups in total. The predicted molar refractivity (Wildman–Crippen MR) is 112 cm³/mol. The van der Waals surface area contributed by atoms with E-state index >= 15 is 0 Å². The minimum absolute atomic E-state index is 0.0373. The van der Waals surface area contributed by atoms with E-state index in [-0.39, 0.29) is 17.4 Å². The number of aromatic nitrogens is 7. The molecule has 1 atom stereocenters. The number of benzene rings is 1. The zero-order valence-electron chi connectivity index (χ0n) is 16.7. The summed E-state index contributed by atoms with van der Waals surface area (Å²) in [6, 6.07) is 5.75. The van der Waals surface area contributed by atoms with Crippen LogP contribution in [0, 0.1) is 6.92 Å².